The van der Waals surface area contributed by atoms with Gasteiger partial charge in [0.1, 0.15) is 11.6 Å². The third-order valence-corrected chi connectivity index (χ3v) is 2.89. The van der Waals surface area contributed by atoms with Gasteiger partial charge in [-0.1, -0.05) is 36.4 Å². The van der Waals surface area contributed by atoms with Crippen molar-refractivity contribution >= 4 is 5.78 Å². The van der Waals surface area contributed by atoms with Gasteiger partial charge in [0.2, 0.25) is 0 Å². The topological polar surface area (TPSA) is 43.1 Å². The average Bonchev–Trinajstić information content (AvgIpc) is 2.42. The zero-order chi connectivity index (χ0) is 13.8. The fraction of sp³-hybridized carbons (Fsp3) is 0.133. The molecule has 2 aromatic rings. The van der Waals surface area contributed by atoms with Gasteiger partial charge in [-0.05, 0) is 17.2 Å². The van der Waals surface area contributed by atoms with Crippen LogP contribution in [0.15, 0.2) is 48.5 Å². The molecule has 0 amide bonds. The number of hydrogen-bond acceptors (Lipinski definition) is 2. The summed E-state index contributed by atoms with van der Waals surface area (Å²) in [6.07, 6.45) is -0.151. The SMILES string of the molecule is N[C@@H](C(=O)Cc1ccc(F)cc1F)c1ccccc1. The van der Waals surface area contributed by atoms with Gasteiger partial charge in [-0.2, -0.15) is 0 Å². The zero-order valence-electron chi connectivity index (χ0n) is 10.1. The molecule has 98 valence electrons. The Kier molecular flexibility index (Phi) is 4.02. The quantitative estimate of drug-likeness (QED) is 0.919. The van der Waals surface area contributed by atoms with Gasteiger partial charge in [-0.3, -0.25) is 4.79 Å². The van der Waals surface area contributed by atoms with E-state index in [1.54, 1.807) is 24.3 Å². The van der Waals surface area contributed by atoms with Crippen molar-refractivity contribution in [3.63, 3.8) is 0 Å². The van der Waals surface area contributed by atoms with Gasteiger partial charge in [0.15, 0.2) is 5.78 Å². The van der Waals surface area contributed by atoms with E-state index in [9.17, 15) is 13.6 Å². The lowest BCUT2D eigenvalue weighted by atomic mass is 9.98. The van der Waals surface area contributed by atoms with E-state index in [-0.39, 0.29) is 17.8 Å². The van der Waals surface area contributed by atoms with Crippen LogP contribution < -0.4 is 5.73 Å². The molecule has 2 aromatic carbocycles. The smallest absolute Gasteiger partial charge is 0.158 e. The van der Waals surface area contributed by atoms with E-state index in [4.69, 9.17) is 5.73 Å². The number of nitrogens with two attached hydrogens (primary N) is 1. The van der Waals surface area contributed by atoms with Crippen molar-refractivity contribution in [2.75, 3.05) is 0 Å². The normalized spacial score (nSPS) is 12.2. The second-order valence-electron chi connectivity index (χ2n) is 4.27. The van der Waals surface area contributed by atoms with Crippen LogP contribution in [0.4, 0.5) is 8.78 Å². The largest absolute Gasteiger partial charge is 0.318 e. The zero-order valence-corrected chi connectivity index (χ0v) is 10.1. The van der Waals surface area contributed by atoms with Crippen LogP contribution in [0.5, 0.6) is 0 Å². The standard InChI is InChI=1S/C15H13F2NO/c16-12-7-6-11(13(17)9-12)8-14(19)15(18)10-4-2-1-3-5-10/h1-7,9,15H,8,18H2/t15-/m1/s1. The van der Waals surface area contributed by atoms with E-state index >= 15 is 0 Å². The molecule has 0 radical (unpaired) electrons. The van der Waals surface area contributed by atoms with E-state index in [0.29, 0.717) is 5.56 Å². The molecule has 0 aliphatic rings. The molecule has 0 spiro atoms. The lowest BCUT2D eigenvalue weighted by Gasteiger charge is -2.11. The van der Waals surface area contributed by atoms with Gasteiger partial charge in [0.25, 0.3) is 0 Å². The second-order valence-corrected chi connectivity index (χ2v) is 4.27. The molecule has 19 heavy (non-hydrogen) atoms. The summed E-state index contributed by atoms with van der Waals surface area (Å²) in [5.74, 6) is -1.70. The van der Waals surface area contributed by atoms with Crippen LogP contribution in [0.2, 0.25) is 0 Å². The maximum Gasteiger partial charge on any atom is 0.158 e. The molecule has 2 N–H and O–H groups in total. The Hall–Kier alpha value is -2.07. The molecule has 0 aromatic heterocycles. The molecule has 4 heteroatoms. The monoisotopic (exact) mass is 261 g/mol. The maximum atomic E-state index is 13.4. The van der Waals surface area contributed by atoms with Crippen molar-refractivity contribution < 1.29 is 13.6 Å². The lowest BCUT2D eigenvalue weighted by molar-refractivity contribution is -0.119. The second kappa shape index (κ2) is 5.71. The van der Waals surface area contributed by atoms with Crippen molar-refractivity contribution in [3.05, 3.63) is 71.3 Å². The third-order valence-electron chi connectivity index (χ3n) is 2.89. The molecule has 0 saturated carbocycles. The van der Waals surface area contributed by atoms with Gasteiger partial charge >= 0.3 is 0 Å². The van der Waals surface area contributed by atoms with Crippen LogP contribution in [0, 0.1) is 11.6 Å². The number of carbonyl (C=O) groups is 1. The summed E-state index contributed by atoms with van der Waals surface area (Å²) in [6.45, 7) is 0. The Bertz CT molecular complexity index is 584. The number of rotatable bonds is 4. The molecule has 0 unspecified atom stereocenters. The molecule has 0 aliphatic heterocycles. The predicted octanol–water partition coefficient (Wildman–Crippen LogP) is 2.78. The highest BCUT2D eigenvalue weighted by Gasteiger charge is 2.17. The third kappa shape index (κ3) is 3.23. The molecule has 2 nitrogen and oxygen atoms in total. The van der Waals surface area contributed by atoms with Crippen molar-refractivity contribution in [1.29, 1.82) is 0 Å². The fourth-order valence-electron chi connectivity index (χ4n) is 1.81. The van der Waals surface area contributed by atoms with Crippen LogP contribution in [-0.4, -0.2) is 5.78 Å². The summed E-state index contributed by atoms with van der Waals surface area (Å²) < 4.78 is 26.2. The van der Waals surface area contributed by atoms with Crippen LogP contribution in [0.3, 0.4) is 0 Å². The molecule has 0 fully saturated rings. The Balaban J connectivity index is 2.13. The number of benzene rings is 2. The highest BCUT2D eigenvalue weighted by Crippen LogP contribution is 2.16. The van der Waals surface area contributed by atoms with Crippen LogP contribution in [0.25, 0.3) is 0 Å². The molecule has 1 atom stereocenters. The number of carbonyl (C=O) groups excluding carboxylic acids is 1. The molecular weight excluding hydrogens is 248 g/mol. The predicted molar refractivity (Wildman–Crippen MR) is 68.4 cm³/mol. The average molecular weight is 261 g/mol. The number of halogens is 2. The summed E-state index contributed by atoms with van der Waals surface area (Å²) in [4.78, 5) is 12.0. The van der Waals surface area contributed by atoms with Crippen molar-refractivity contribution in [2.24, 2.45) is 5.73 Å². The van der Waals surface area contributed by atoms with E-state index in [2.05, 4.69) is 0 Å². The van der Waals surface area contributed by atoms with Crippen molar-refractivity contribution in [2.45, 2.75) is 12.5 Å². The summed E-state index contributed by atoms with van der Waals surface area (Å²) in [7, 11) is 0. The molecule has 0 heterocycles. The Labute approximate surface area is 109 Å². The molecular formula is C15H13F2NO. The van der Waals surface area contributed by atoms with Gasteiger partial charge in [0.05, 0.1) is 6.04 Å². The summed E-state index contributed by atoms with van der Waals surface area (Å²) in [5, 5.41) is 0. The maximum absolute atomic E-state index is 13.4. The van der Waals surface area contributed by atoms with Gasteiger partial charge in [-0.15, -0.1) is 0 Å². The van der Waals surface area contributed by atoms with Crippen LogP contribution >= 0.6 is 0 Å². The van der Waals surface area contributed by atoms with E-state index < -0.39 is 17.7 Å². The minimum atomic E-state index is -0.800. The first-order valence-electron chi connectivity index (χ1n) is 5.85. The van der Waals surface area contributed by atoms with Crippen molar-refractivity contribution in [1.82, 2.24) is 0 Å². The first-order chi connectivity index (χ1) is 9.08. The molecule has 0 saturated heterocycles. The van der Waals surface area contributed by atoms with Gasteiger partial charge in [0, 0.05) is 12.5 Å². The molecule has 2 rings (SSSR count). The number of Topliss-reactive ketones (excluding diaryl/α,β-unsaturated/α-hetero) is 1. The summed E-state index contributed by atoms with van der Waals surface area (Å²) in [6, 6.07) is 11.2. The van der Waals surface area contributed by atoms with E-state index in [0.717, 1.165) is 12.1 Å². The van der Waals surface area contributed by atoms with Gasteiger partial charge < -0.3 is 5.73 Å². The lowest BCUT2D eigenvalue weighted by Crippen LogP contribution is -2.23. The van der Waals surface area contributed by atoms with E-state index in [1.165, 1.54) is 6.07 Å². The minimum absolute atomic E-state index is 0.151. The first-order valence-corrected chi connectivity index (χ1v) is 5.85. The summed E-state index contributed by atoms with van der Waals surface area (Å²) >= 11 is 0. The molecule has 0 aliphatic carbocycles. The van der Waals surface area contributed by atoms with Crippen molar-refractivity contribution in [3.8, 4) is 0 Å². The minimum Gasteiger partial charge on any atom is -0.318 e. The number of ketones is 1. The Morgan fingerprint density at radius 3 is 2.42 bits per heavy atom. The van der Waals surface area contributed by atoms with E-state index in [1.807, 2.05) is 6.07 Å². The van der Waals surface area contributed by atoms with Gasteiger partial charge in [-0.25, -0.2) is 8.78 Å². The fourth-order valence-corrected chi connectivity index (χ4v) is 1.81. The highest BCUT2D eigenvalue weighted by atomic mass is 19.1. The molecule has 0 bridgehead atoms. The first kappa shape index (κ1) is 13.4. The highest BCUT2D eigenvalue weighted by molar-refractivity contribution is 5.87. The summed E-state index contributed by atoms with van der Waals surface area (Å²) in [5.41, 5.74) is 6.65. The number of hydrogen-bond donors (Lipinski definition) is 1. The Morgan fingerprint density at radius 1 is 1.11 bits per heavy atom. The van der Waals surface area contributed by atoms with Crippen LogP contribution in [-0.2, 0) is 11.2 Å². The Morgan fingerprint density at radius 2 is 1.79 bits per heavy atom. The van der Waals surface area contributed by atoms with Crippen LogP contribution in [0.1, 0.15) is 17.2 Å².